The average Bonchev–Trinajstić information content (AvgIpc) is 2.76. The number of hydrazone groups is 1. The van der Waals surface area contributed by atoms with Gasteiger partial charge in [-0.2, -0.15) is 10.4 Å². The molecule has 1 amide bonds. The number of amides is 1. The molecule has 10 heteroatoms. The first-order valence-corrected chi connectivity index (χ1v) is 10.2. The maximum atomic E-state index is 12.1. The molecule has 0 unspecified atom stereocenters. The summed E-state index contributed by atoms with van der Waals surface area (Å²) in [6.07, 6.45) is 3.08. The highest BCUT2D eigenvalue weighted by Crippen LogP contribution is 2.36. The Kier molecular flexibility index (Phi) is 9.66. The van der Waals surface area contributed by atoms with Gasteiger partial charge in [-0.05, 0) is 46.6 Å². The number of pyridine rings is 1. The van der Waals surface area contributed by atoms with Gasteiger partial charge in [0.1, 0.15) is 18.2 Å². The van der Waals surface area contributed by atoms with E-state index in [-0.39, 0.29) is 24.7 Å². The highest BCUT2D eigenvalue weighted by atomic mass is 79.9. The van der Waals surface area contributed by atoms with Gasteiger partial charge in [-0.3, -0.25) is 4.79 Å². The van der Waals surface area contributed by atoms with Crippen molar-refractivity contribution >= 4 is 28.1 Å². The fourth-order valence-electron chi connectivity index (χ4n) is 2.65. The molecule has 168 valence electrons. The SMILES string of the molecule is C=CCOc1c(Br)cc(/C=N\NC(=O)COc2nc(C)cc(COC)c2C#N)cc1OC. The molecule has 0 aliphatic carbocycles. The van der Waals surface area contributed by atoms with Crippen molar-refractivity contribution in [3.05, 3.63) is 57.7 Å². The molecule has 2 rings (SSSR count). The Balaban J connectivity index is 2.03. The molecule has 0 fully saturated rings. The minimum atomic E-state index is -0.515. The van der Waals surface area contributed by atoms with Crippen LogP contribution in [-0.2, 0) is 16.1 Å². The molecule has 0 aliphatic rings. The number of aromatic nitrogens is 1. The maximum Gasteiger partial charge on any atom is 0.278 e. The molecule has 0 radical (unpaired) electrons. The number of carbonyl (C=O) groups is 1. The van der Waals surface area contributed by atoms with Gasteiger partial charge in [0, 0.05) is 18.4 Å². The van der Waals surface area contributed by atoms with Crippen LogP contribution in [0.25, 0.3) is 0 Å². The number of nitriles is 1. The van der Waals surface area contributed by atoms with E-state index in [2.05, 4.69) is 38.0 Å². The van der Waals surface area contributed by atoms with Crippen LogP contribution in [0.3, 0.4) is 0 Å². The number of rotatable bonds is 11. The quantitative estimate of drug-likeness (QED) is 0.284. The van der Waals surface area contributed by atoms with Gasteiger partial charge >= 0.3 is 0 Å². The largest absolute Gasteiger partial charge is 0.493 e. The Morgan fingerprint density at radius 2 is 2.12 bits per heavy atom. The van der Waals surface area contributed by atoms with Crippen LogP contribution in [-0.4, -0.2) is 44.5 Å². The highest BCUT2D eigenvalue weighted by molar-refractivity contribution is 9.10. The summed E-state index contributed by atoms with van der Waals surface area (Å²) in [5, 5.41) is 13.3. The number of hydrogen-bond donors (Lipinski definition) is 1. The van der Waals surface area contributed by atoms with Gasteiger partial charge in [-0.15, -0.1) is 0 Å². The lowest BCUT2D eigenvalue weighted by Crippen LogP contribution is -2.25. The lowest BCUT2D eigenvalue weighted by atomic mass is 10.1. The smallest absolute Gasteiger partial charge is 0.278 e. The van der Waals surface area contributed by atoms with E-state index in [1.54, 1.807) is 31.2 Å². The van der Waals surface area contributed by atoms with Crippen molar-refractivity contribution in [1.29, 1.82) is 5.26 Å². The Morgan fingerprint density at radius 3 is 2.78 bits per heavy atom. The van der Waals surface area contributed by atoms with Crippen LogP contribution >= 0.6 is 15.9 Å². The number of nitrogens with one attached hydrogen (secondary N) is 1. The van der Waals surface area contributed by atoms with Crippen LogP contribution in [0.4, 0.5) is 0 Å². The normalized spacial score (nSPS) is 10.5. The number of carbonyl (C=O) groups excluding carboxylic acids is 1. The molecular formula is C22H23BrN4O5. The standard InChI is InChI=1S/C22H23BrN4O5/c1-5-6-31-21-18(23)8-15(9-19(21)30-4)11-25-27-20(28)13-32-22-17(10-24)16(12-29-3)7-14(2)26-22/h5,7-9,11H,1,6,12-13H2,2-4H3,(H,27,28)/b25-11-. The minimum Gasteiger partial charge on any atom is -0.493 e. The van der Waals surface area contributed by atoms with Gasteiger partial charge in [0.25, 0.3) is 5.91 Å². The zero-order valence-electron chi connectivity index (χ0n) is 18.0. The van der Waals surface area contributed by atoms with Gasteiger partial charge in [-0.25, -0.2) is 10.4 Å². The van der Waals surface area contributed by atoms with E-state index in [9.17, 15) is 10.1 Å². The van der Waals surface area contributed by atoms with Crippen LogP contribution in [0.2, 0.25) is 0 Å². The topological polar surface area (TPSA) is 115 Å². The van der Waals surface area contributed by atoms with E-state index in [0.717, 1.165) is 0 Å². The van der Waals surface area contributed by atoms with Crippen LogP contribution in [0.5, 0.6) is 17.4 Å². The monoisotopic (exact) mass is 502 g/mol. The Morgan fingerprint density at radius 1 is 1.34 bits per heavy atom. The average molecular weight is 503 g/mol. The molecule has 0 aliphatic heterocycles. The molecule has 0 bridgehead atoms. The van der Waals surface area contributed by atoms with E-state index in [1.807, 2.05) is 6.07 Å². The minimum absolute atomic E-state index is 0.0717. The van der Waals surface area contributed by atoms with Crippen LogP contribution < -0.4 is 19.6 Å². The van der Waals surface area contributed by atoms with Gasteiger partial charge in [0.05, 0.1) is 24.4 Å². The fraction of sp³-hybridized carbons (Fsp3) is 0.273. The number of benzene rings is 1. The van der Waals surface area contributed by atoms with Gasteiger partial charge in [0.15, 0.2) is 18.1 Å². The Bertz CT molecular complexity index is 1050. The van der Waals surface area contributed by atoms with Gasteiger partial charge in [0.2, 0.25) is 5.88 Å². The summed E-state index contributed by atoms with van der Waals surface area (Å²) in [4.78, 5) is 16.3. The van der Waals surface area contributed by atoms with Crippen molar-refractivity contribution in [3.8, 4) is 23.4 Å². The summed E-state index contributed by atoms with van der Waals surface area (Å²) in [6.45, 7) is 5.57. The molecule has 0 saturated heterocycles. The zero-order valence-corrected chi connectivity index (χ0v) is 19.6. The van der Waals surface area contributed by atoms with Gasteiger partial charge < -0.3 is 18.9 Å². The fourth-order valence-corrected chi connectivity index (χ4v) is 3.22. The Hall–Kier alpha value is -3.42. The molecule has 0 spiro atoms. The summed E-state index contributed by atoms with van der Waals surface area (Å²) < 4.78 is 22.1. The lowest BCUT2D eigenvalue weighted by molar-refractivity contribution is -0.123. The molecule has 1 heterocycles. The van der Waals surface area contributed by atoms with E-state index in [4.69, 9.17) is 18.9 Å². The number of aryl methyl sites for hydroxylation is 1. The summed E-state index contributed by atoms with van der Waals surface area (Å²) in [7, 11) is 3.05. The summed E-state index contributed by atoms with van der Waals surface area (Å²) >= 11 is 3.43. The van der Waals surface area contributed by atoms with E-state index in [0.29, 0.717) is 39.4 Å². The molecule has 32 heavy (non-hydrogen) atoms. The first kappa shape index (κ1) is 24.8. The van der Waals surface area contributed by atoms with Crippen molar-refractivity contribution in [2.24, 2.45) is 5.10 Å². The van der Waals surface area contributed by atoms with Crippen molar-refractivity contribution in [2.45, 2.75) is 13.5 Å². The first-order chi connectivity index (χ1) is 15.4. The third-order valence-corrected chi connectivity index (χ3v) is 4.54. The summed E-state index contributed by atoms with van der Waals surface area (Å²) in [5.41, 5.74) is 4.54. The first-order valence-electron chi connectivity index (χ1n) is 9.38. The van der Waals surface area contributed by atoms with Crippen molar-refractivity contribution in [3.63, 3.8) is 0 Å². The van der Waals surface area contributed by atoms with Crippen molar-refractivity contribution in [2.75, 3.05) is 27.4 Å². The van der Waals surface area contributed by atoms with E-state index in [1.165, 1.54) is 20.4 Å². The third-order valence-electron chi connectivity index (χ3n) is 3.95. The summed E-state index contributed by atoms with van der Waals surface area (Å²) in [5.74, 6) is 0.591. The van der Waals surface area contributed by atoms with Gasteiger partial charge in [-0.1, -0.05) is 12.7 Å². The molecule has 2 aromatic rings. The van der Waals surface area contributed by atoms with Crippen molar-refractivity contribution < 1.29 is 23.7 Å². The maximum absolute atomic E-state index is 12.1. The number of methoxy groups -OCH3 is 2. The number of hydrogen-bond acceptors (Lipinski definition) is 8. The second kappa shape index (κ2) is 12.4. The highest BCUT2D eigenvalue weighted by Gasteiger charge is 2.14. The van der Waals surface area contributed by atoms with Crippen LogP contribution in [0, 0.1) is 18.3 Å². The predicted octanol–water partition coefficient (Wildman–Crippen LogP) is 3.27. The number of halogens is 1. The van der Waals surface area contributed by atoms with Crippen LogP contribution in [0.15, 0.2) is 40.4 Å². The zero-order chi connectivity index (χ0) is 23.5. The second-order valence-corrected chi connectivity index (χ2v) is 7.22. The molecule has 1 N–H and O–H groups in total. The number of nitrogens with zero attached hydrogens (tertiary/aromatic N) is 3. The van der Waals surface area contributed by atoms with E-state index < -0.39 is 5.91 Å². The number of ether oxygens (including phenoxy) is 4. The third kappa shape index (κ3) is 6.80. The molecular weight excluding hydrogens is 480 g/mol. The summed E-state index contributed by atoms with van der Waals surface area (Å²) in [6, 6.07) is 7.25. The molecule has 9 nitrogen and oxygen atoms in total. The molecule has 1 aromatic heterocycles. The molecule has 0 saturated carbocycles. The molecule has 1 aromatic carbocycles. The van der Waals surface area contributed by atoms with Crippen LogP contribution in [0.1, 0.15) is 22.4 Å². The Labute approximate surface area is 194 Å². The second-order valence-electron chi connectivity index (χ2n) is 6.36. The predicted molar refractivity (Wildman–Crippen MR) is 122 cm³/mol. The van der Waals surface area contributed by atoms with Crippen molar-refractivity contribution in [1.82, 2.24) is 10.4 Å². The van der Waals surface area contributed by atoms with E-state index >= 15 is 0 Å². The molecule has 0 atom stereocenters. The lowest BCUT2D eigenvalue weighted by Gasteiger charge is -2.12.